The summed E-state index contributed by atoms with van der Waals surface area (Å²) in [6.07, 6.45) is 0. The van der Waals surface area contributed by atoms with Crippen molar-refractivity contribution in [3.8, 4) is 0 Å². The van der Waals surface area contributed by atoms with Crippen molar-refractivity contribution in [3.05, 3.63) is 34.3 Å². The molecular weight excluding hydrogens is 290 g/mol. The molecule has 0 aliphatic rings. The molecule has 0 heterocycles. The van der Waals surface area contributed by atoms with Crippen LogP contribution in [0.25, 0.3) is 0 Å². The Kier molecular flexibility index (Phi) is 4.25. The summed E-state index contributed by atoms with van der Waals surface area (Å²) in [7, 11) is 0. The highest BCUT2D eigenvalue weighted by molar-refractivity contribution is 9.10. The minimum Gasteiger partial charge on any atom is -0.479 e. The number of rotatable bonds is 4. The maximum atomic E-state index is 11.6. The zero-order valence-corrected chi connectivity index (χ0v) is 10.7. The monoisotopic (exact) mass is 301 g/mol. The van der Waals surface area contributed by atoms with E-state index in [1.807, 2.05) is 0 Å². The molecule has 0 saturated heterocycles. The second-order valence-electron chi connectivity index (χ2n) is 3.77. The number of carbonyl (C=O) groups excluding carboxylic acids is 1. The molecule has 1 unspecified atom stereocenters. The normalized spacial score (nSPS) is 13.8. The quantitative estimate of drug-likeness (QED) is 0.775. The maximum absolute atomic E-state index is 11.6. The van der Waals surface area contributed by atoms with Gasteiger partial charge < -0.3 is 15.5 Å². The van der Waals surface area contributed by atoms with E-state index in [1.54, 1.807) is 24.3 Å². The summed E-state index contributed by atoms with van der Waals surface area (Å²) in [4.78, 5) is 22.2. The van der Waals surface area contributed by atoms with Crippen molar-refractivity contribution in [2.75, 3.05) is 6.54 Å². The van der Waals surface area contributed by atoms with Gasteiger partial charge in [-0.1, -0.05) is 15.9 Å². The fourth-order valence-corrected chi connectivity index (χ4v) is 1.30. The minimum atomic E-state index is -1.97. The lowest BCUT2D eigenvalue weighted by Crippen LogP contribution is -2.46. The van der Waals surface area contributed by atoms with Gasteiger partial charge in [-0.05, 0) is 31.2 Å². The third-order valence-electron chi connectivity index (χ3n) is 2.16. The fourth-order valence-electron chi connectivity index (χ4n) is 1.03. The molecule has 1 aromatic rings. The van der Waals surface area contributed by atoms with Gasteiger partial charge in [0.05, 0.1) is 6.54 Å². The molecule has 0 spiro atoms. The number of carboxylic acids is 1. The first-order chi connectivity index (χ1) is 7.83. The number of hydrogen-bond donors (Lipinski definition) is 3. The highest BCUT2D eigenvalue weighted by atomic mass is 79.9. The van der Waals surface area contributed by atoms with Crippen LogP contribution in [0.4, 0.5) is 0 Å². The highest BCUT2D eigenvalue weighted by Gasteiger charge is 2.30. The molecular formula is C11H12BrNO4. The lowest BCUT2D eigenvalue weighted by molar-refractivity contribution is -0.155. The van der Waals surface area contributed by atoms with E-state index < -0.39 is 17.5 Å². The van der Waals surface area contributed by atoms with E-state index in [2.05, 4.69) is 21.2 Å². The number of hydrogen-bond acceptors (Lipinski definition) is 3. The number of carboxylic acid groups (broad SMARTS) is 1. The summed E-state index contributed by atoms with van der Waals surface area (Å²) < 4.78 is 0.839. The molecule has 0 radical (unpaired) electrons. The summed E-state index contributed by atoms with van der Waals surface area (Å²) >= 11 is 3.23. The van der Waals surface area contributed by atoms with E-state index in [0.717, 1.165) is 11.4 Å². The molecule has 0 saturated carbocycles. The number of nitrogens with one attached hydrogen (secondary N) is 1. The predicted octanol–water partition coefficient (Wildman–Crippen LogP) is 1.01. The van der Waals surface area contributed by atoms with Gasteiger partial charge in [0, 0.05) is 10.0 Å². The van der Waals surface area contributed by atoms with Crippen LogP contribution in [0.2, 0.25) is 0 Å². The summed E-state index contributed by atoms with van der Waals surface area (Å²) in [5.41, 5.74) is -1.57. The zero-order chi connectivity index (χ0) is 13.1. The van der Waals surface area contributed by atoms with Crippen LogP contribution in [0.3, 0.4) is 0 Å². The predicted molar refractivity (Wildman–Crippen MR) is 64.7 cm³/mol. The summed E-state index contributed by atoms with van der Waals surface area (Å²) in [6, 6.07) is 6.58. The molecule has 0 fully saturated rings. The van der Waals surface area contributed by atoms with Gasteiger partial charge in [-0.25, -0.2) is 4.79 Å². The topological polar surface area (TPSA) is 86.6 Å². The standard InChI is InChI=1S/C11H12BrNO4/c1-11(17,10(15)16)6-13-9(14)7-2-4-8(12)5-3-7/h2-5,17H,6H2,1H3,(H,13,14)(H,15,16). The van der Waals surface area contributed by atoms with Crippen LogP contribution in [0.1, 0.15) is 17.3 Å². The van der Waals surface area contributed by atoms with Gasteiger partial charge in [0.15, 0.2) is 5.60 Å². The fraction of sp³-hybridized carbons (Fsp3) is 0.273. The van der Waals surface area contributed by atoms with E-state index in [1.165, 1.54) is 0 Å². The van der Waals surface area contributed by atoms with Crippen molar-refractivity contribution in [1.29, 1.82) is 0 Å². The van der Waals surface area contributed by atoms with Crippen molar-refractivity contribution in [1.82, 2.24) is 5.32 Å². The number of amides is 1. The van der Waals surface area contributed by atoms with Gasteiger partial charge in [0.2, 0.25) is 0 Å². The average Bonchev–Trinajstić information content (AvgIpc) is 2.27. The Labute approximate surface area is 107 Å². The molecule has 0 bridgehead atoms. The van der Waals surface area contributed by atoms with Gasteiger partial charge in [-0.3, -0.25) is 4.79 Å². The van der Waals surface area contributed by atoms with Crippen molar-refractivity contribution in [3.63, 3.8) is 0 Å². The molecule has 17 heavy (non-hydrogen) atoms. The first-order valence-corrected chi connectivity index (χ1v) is 5.62. The van der Waals surface area contributed by atoms with E-state index in [-0.39, 0.29) is 6.54 Å². The van der Waals surface area contributed by atoms with Crippen LogP contribution in [0.15, 0.2) is 28.7 Å². The van der Waals surface area contributed by atoms with Crippen LogP contribution in [0.5, 0.6) is 0 Å². The third kappa shape index (κ3) is 3.83. The van der Waals surface area contributed by atoms with Gasteiger partial charge >= 0.3 is 5.97 Å². The van der Waals surface area contributed by atoms with Crippen LogP contribution >= 0.6 is 15.9 Å². The SMILES string of the molecule is CC(O)(CNC(=O)c1ccc(Br)cc1)C(=O)O. The number of benzene rings is 1. The van der Waals surface area contributed by atoms with E-state index in [9.17, 15) is 14.7 Å². The van der Waals surface area contributed by atoms with Crippen LogP contribution in [-0.4, -0.2) is 34.2 Å². The Balaban J connectivity index is 2.62. The van der Waals surface area contributed by atoms with E-state index in [0.29, 0.717) is 5.56 Å². The van der Waals surface area contributed by atoms with Gasteiger partial charge in [-0.2, -0.15) is 0 Å². The average molecular weight is 302 g/mol. The molecule has 0 aromatic heterocycles. The molecule has 1 rings (SSSR count). The number of carbonyl (C=O) groups is 2. The first-order valence-electron chi connectivity index (χ1n) is 4.82. The number of halogens is 1. The largest absolute Gasteiger partial charge is 0.479 e. The van der Waals surface area contributed by atoms with Crippen molar-refractivity contribution in [2.45, 2.75) is 12.5 Å². The van der Waals surface area contributed by atoms with Crippen molar-refractivity contribution in [2.24, 2.45) is 0 Å². The molecule has 92 valence electrons. The zero-order valence-electron chi connectivity index (χ0n) is 9.11. The number of aliphatic hydroxyl groups is 1. The smallest absolute Gasteiger partial charge is 0.337 e. The minimum absolute atomic E-state index is 0.350. The first kappa shape index (κ1) is 13.7. The Morgan fingerprint density at radius 2 is 1.88 bits per heavy atom. The molecule has 3 N–H and O–H groups in total. The van der Waals surface area contributed by atoms with Crippen molar-refractivity contribution >= 4 is 27.8 Å². The maximum Gasteiger partial charge on any atom is 0.337 e. The third-order valence-corrected chi connectivity index (χ3v) is 2.69. The van der Waals surface area contributed by atoms with E-state index >= 15 is 0 Å². The van der Waals surface area contributed by atoms with Gasteiger partial charge in [-0.15, -0.1) is 0 Å². The molecule has 0 aliphatic heterocycles. The van der Waals surface area contributed by atoms with Crippen LogP contribution in [-0.2, 0) is 4.79 Å². The number of aliphatic carboxylic acids is 1. The lowest BCUT2D eigenvalue weighted by Gasteiger charge is -2.18. The molecule has 1 aromatic carbocycles. The molecule has 1 atom stereocenters. The van der Waals surface area contributed by atoms with Crippen LogP contribution < -0.4 is 5.32 Å². The highest BCUT2D eigenvalue weighted by Crippen LogP contribution is 2.10. The lowest BCUT2D eigenvalue weighted by atomic mass is 10.1. The van der Waals surface area contributed by atoms with Crippen LogP contribution in [0, 0.1) is 0 Å². The molecule has 6 heteroatoms. The Hall–Kier alpha value is -1.40. The van der Waals surface area contributed by atoms with Crippen molar-refractivity contribution < 1.29 is 19.8 Å². The second kappa shape index (κ2) is 5.29. The van der Waals surface area contributed by atoms with Gasteiger partial charge in [0.1, 0.15) is 0 Å². The molecule has 1 amide bonds. The Bertz CT molecular complexity index is 428. The summed E-state index contributed by atoms with van der Waals surface area (Å²) in [5, 5.41) is 20.4. The van der Waals surface area contributed by atoms with Gasteiger partial charge in [0.25, 0.3) is 5.91 Å². The van der Waals surface area contributed by atoms with E-state index in [4.69, 9.17) is 5.11 Å². The Morgan fingerprint density at radius 3 is 2.35 bits per heavy atom. The molecule has 5 nitrogen and oxygen atoms in total. The molecule has 0 aliphatic carbocycles. The summed E-state index contributed by atoms with van der Waals surface area (Å²) in [6.45, 7) is 0.772. The second-order valence-corrected chi connectivity index (χ2v) is 4.68. The summed E-state index contributed by atoms with van der Waals surface area (Å²) in [5.74, 6) is -1.81. The Morgan fingerprint density at radius 1 is 1.35 bits per heavy atom.